The first-order valence-electron chi connectivity index (χ1n) is 7.04. The molecule has 4 heteroatoms. The minimum atomic E-state index is -0.0200. The number of aromatic nitrogens is 1. The Morgan fingerprint density at radius 3 is 2.25 bits per heavy atom. The molecule has 0 saturated heterocycles. The van der Waals surface area contributed by atoms with E-state index < -0.39 is 0 Å². The predicted molar refractivity (Wildman–Crippen MR) is 89.8 cm³/mol. The van der Waals surface area contributed by atoms with Gasteiger partial charge in [-0.1, -0.05) is 26.8 Å². The van der Waals surface area contributed by atoms with Crippen LogP contribution in [-0.4, -0.2) is 35.8 Å². The zero-order valence-electron chi connectivity index (χ0n) is 12.8. The molecular formula is C16H24N2OS. The van der Waals surface area contributed by atoms with E-state index in [1.54, 1.807) is 18.0 Å². The second kappa shape index (κ2) is 8.82. The molecule has 1 heterocycles. The smallest absolute Gasteiger partial charge is 0.255 e. The van der Waals surface area contributed by atoms with Crippen molar-refractivity contribution in [3.8, 4) is 0 Å². The van der Waals surface area contributed by atoms with Crippen LogP contribution in [0.4, 0.5) is 0 Å². The molecule has 0 bridgehead atoms. The number of thioether (sulfide) groups is 1. The van der Waals surface area contributed by atoms with E-state index in [0.29, 0.717) is 0 Å². The second-order valence-corrected chi connectivity index (χ2v) is 5.26. The lowest BCUT2D eigenvalue weighted by Crippen LogP contribution is -2.21. The molecule has 0 unspecified atom stereocenters. The van der Waals surface area contributed by atoms with Crippen molar-refractivity contribution in [2.45, 2.75) is 25.7 Å². The van der Waals surface area contributed by atoms with Crippen molar-refractivity contribution >= 4 is 22.5 Å². The first-order valence-corrected chi connectivity index (χ1v) is 8.26. The standard InChI is InChI=1S/C10H9NOS.C6H15N/c1-13-8-3-2-7-4-5-11-10(12)9(7)6-8;1-4-7(5-2)6-3/h2-6H,1H3,(H,11,12);4-6H2,1-3H3. The van der Waals surface area contributed by atoms with Crippen molar-refractivity contribution in [3.05, 3.63) is 40.8 Å². The first-order chi connectivity index (χ1) is 9.65. The molecule has 0 atom stereocenters. The summed E-state index contributed by atoms with van der Waals surface area (Å²) in [5.41, 5.74) is -0.0200. The largest absolute Gasteiger partial charge is 0.329 e. The van der Waals surface area contributed by atoms with Crippen LogP contribution in [0.3, 0.4) is 0 Å². The highest BCUT2D eigenvalue weighted by Gasteiger charge is 1.98. The van der Waals surface area contributed by atoms with Gasteiger partial charge in [0.25, 0.3) is 5.56 Å². The van der Waals surface area contributed by atoms with Crippen LogP contribution in [0.25, 0.3) is 10.8 Å². The van der Waals surface area contributed by atoms with Crippen LogP contribution in [0.1, 0.15) is 20.8 Å². The summed E-state index contributed by atoms with van der Waals surface area (Å²) in [5, 5.41) is 1.75. The van der Waals surface area contributed by atoms with Gasteiger partial charge in [0.15, 0.2) is 0 Å². The number of rotatable bonds is 4. The summed E-state index contributed by atoms with van der Waals surface area (Å²) in [5.74, 6) is 0. The lowest BCUT2D eigenvalue weighted by molar-refractivity contribution is 0.321. The molecule has 0 fully saturated rings. The molecule has 2 rings (SSSR count). The molecule has 2 aromatic rings. The molecule has 0 aliphatic heterocycles. The van der Waals surface area contributed by atoms with E-state index in [9.17, 15) is 4.79 Å². The van der Waals surface area contributed by atoms with Crippen LogP contribution in [0, 0.1) is 0 Å². The number of nitrogens with zero attached hydrogens (tertiary/aromatic N) is 1. The van der Waals surface area contributed by atoms with Gasteiger partial charge in [-0.3, -0.25) is 4.79 Å². The van der Waals surface area contributed by atoms with Gasteiger partial charge in [0.05, 0.1) is 0 Å². The van der Waals surface area contributed by atoms with Crippen LogP contribution in [0.5, 0.6) is 0 Å². The lowest BCUT2D eigenvalue weighted by atomic mass is 10.2. The van der Waals surface area contributed by atoms with Gasteiger partial charge in [0.1, 0.15) is 0 Å². The third kappa shape index (κ3) is 4.69. The maximum absolute atomic E-state index is 11.4. The Labute approximate surface area is 125 Å². The van der Waals surface area contributed by atoms with Crippen LogP contribution in [-0.2, 0) is 0 Å². The number of hydrogen-bond donors (Lipinski definition) is 1. The van der Waals surface area contributed by atoms with Gasteiger partial charge in [-0.25, -0.2) is 0 Å². The molecule has 0 aliphatic carbocycles. The Kier molecular flexibility index (Phi) is 7.41. The molecular weight excluding hydrogens is 268 g/mol. The van der Waals surface area contributed by atoms with E-state index in [2.05, 4.69) is 30.7 Å². The number of pyridine rings is 1. The quantitative estimate of drug-likeness (QED) is 0.875. The van der Waals surface area contributed by atoms with Gasteiger partial charge < -0.3 is 9.88 Å². The molecule has 1 N–H and O–H groups in total. The van der Waals surface area contributed by atoms with Crippen molar-refractivity contribution < 1.29 is 0 Å². The number of fused-ring (bicyclic) bond motifs is 1. The van der Waals surface area contributed by atoms with Crippen molar-refractivity contribution in [3.63, 3.8) is 0 Å². The highest BCUT2D eigenvalue weighted by atomic mass is 32.2. The molecule has 20 heavy (non-hydrogen) atoms. The average Bonchev–Trinajstić information content (AvgIpc) is 2.50. The fourth-order valence-corrected chi connectivity index (χ4v) is 2.40. The Morgan fingerprint density at radius 2 is 1.75 bits per heavy atom. The molecule has 110 valence electrons. The van der Waals surface area contributed by atoms with E-state index in [1.165, 1.54) is 19.6 Å². The van der Waals surface area contributed by atoms with Crippen LogP contribution in [0.15, 0.2) is 40.2 Å². The van der Waals surface area contributed by atoms with E-state index in [0.717, 1.165) is 15.7 Å². The highest BCUT2D eigenvalue weighted by Crippen LogP contribution is 2.18. The van der Waals surface area contributed by atoms with Crippen LogP contribution >= 0.6 is 11.8 Å². The molecule has 0 radical (unpaired) electrons. The van der Waals surface area contributed by atoms with Gasteiger partial charge in [0.2, 0.25) is 0 Å². The van der Waals surface area contributed by atoms with Crippen LogP contribution < -0.4 is 5.56 Å². The highest BCUT2D eigenvalue weighted by molar-refractivity contribution is 7.98. The van der Waals surface area contributed by atoms with E-state index >= 15 is 0 Å². The maximum atomic E-state index is 11.4. The summed E-state index contributed by atoms with van der Waals surface area (Å²) in [6.45, 7) is 10.1. The van der Waals surface area contributed by atoms with Gasteiger partial charge in [-0.15, -0.1) is 11.8 Å². The van der Waals surface area contributed by atoms with E-state index in [1.807, 2.05) is 30.5 Å². The van der Waals surface area contributed by atoms with Crippen molar-refractivity contribution in [1.29, 1.82) is 0 Å². The lowest BCUT2D eigenvalue weighted by Gasteiger charge is -2.13. The molecule has 1 aromatic carbocycles. The maximum Gasteiger partial charge on any atom is 0.255 e. The topological polar surface area (TPSA) is 36.1 Å². The van der Waals surface area contributed by atoms with Crippen molar-refractivity contribution in [1.82, 2.24) is 9.88 Å². The zero-order valence-corrected chi connectivity index (χ0v) is 13.6. The van der Waals surface area contributed by atoms with E-state index in [4.69, 9.17) is 0 Å². The summed E-state index contributed by atoms with van der Waals surface area (Å²) in [4.78, 5) is 17.5. The number of nitrogens with one attached hydrogen (secondary N) is 1. The fraction of sp³-hybridized carbons (Fsp3) is 0.438. The summed E-state index contributed by atoms with van der Waals surface area (Å²) in [6, 6.07) is 7.81. The summed E-state index contributed by atoms with van der Waals surface area (Å²) in [6.07, 6.45) is 3.67. The predicted octanol–water partition coefficient (Wildman–Crippen LogP) is 3.60. The van der Waals surface area contributed by atoms with Crippen molar-refractivity contribution in [2.24, 2.45) is 0 Å². The molecule has 1 aromatic heterocycles. The summed E-state index contributed by atoms with van der Waals surface area (Å²) in [7, 11) is 0. The SMILES string of the molecule is CCN(CC)CC.CSc1ccc2cc[nH]c(=O)c2c1. The van der Waals surface area contributed by atoms with Gasteiger partial charge >= 0.3 is 0 Å². The molecule has 0 spiro atoms. The third-order valence-electron chi connectivity index (χ3n) is 3.32. The van der Waals surface area contributed by atoms with Gasteiger partial charge in [-0.05, 0) is 49.5 Å². The normalized spacial score (nSPS) is 10.4. The third-order valence-corrected chi connectivity index (χ3v) is 4.05. The number of aromatic amines is 1. The first kappa shape index (κ1) is 16.8. The zero-order chi connectivity index (χ0) is 15.0. The Morgan fingerprint density at radius 1 is 1.10 bits per heavy atom. The molecule has 3 nitrogen and oxygen atoms in total. The molecule has 0 amide bonds. The van der Waals surface area contributed by atoms with Gasteiger partial charge in [-0.2, -0.15) is 0 Å². The molecule has 0 saturated carbocycles. The Balaban J connectivity index is 0.000000246. The monoisotopic (exact) mass is 292 g/mol. The summed E-state index contributed by atoms with van der Waals surface area (Å²) >= 11 is 1.64. The van der Waals surface area contributed by atoms with Crippen molar-refractivity contribution in [2.75, 3.05) is 25.9 Å². The summed E-state index contributed by atoms with van der Waals surface area (Å²) < 4.78 is 0. The Bertz CT molecular complexity index is 570. The average molecular weight is 292 g/mol. The van der Waals surface area contributed by atoms with Gasteiger partial charge in [0, 0.05) is 16.5 Å². The fourth-order valence-electron chi connectivity index (χ4n) is 1.96. The Hall–Kier alpha value is -1.26. The number of H-pyrrole nitrogens is 1. The van der Waals surface area contributed by atoms with E-state index in [-0.39, 0.29) is 5.56 Å². The minimum Gasteiger partial charge on any atom is -0.329 e. The number of benzene rings is 1. The van der Waals surface area contributed by atoms with Crippen LogP contribution in [0.2, 0.25) is 0 Å². The number of hydrogen-bond acceptors (Lipinski definition) is 3. The minimum absolute atomic E-state index is 0.0200. The molecule has 0 aliphatic rings. The second-order valence-electron chi connectivity index (χ2n) is 4.38.